The van der Waals surface area contributed by atoms with Gasteiger partial charge in [-0.3, -0.25) is 0 Å². The number of carbonyl (C=O) groups is 1. The van der Waals surface area contributed by atoms with Crippen molar-refractivity contribution < 1.29 is 9.53 Å². The van der Waals surface area contributed by atoms with Crippen LogP contribution in [0, 0.1) is 5.92 Å². The van der Waals surface area contributed by atoms with Crippen molar-refractivity contribution in [3.05, 3.63) is 0 Å². The van der Waals surface area contributed by atoms with Gasteiger partial charge in [-0.25, -0.2) is 4.79 Å². The van der Waals surface area contributed by atoms with Gasteiger partial charge in [-0.15, -0.1) is 0 Å². The fraction of sp³-hybridized carbons (Fsp3) is 0.933. The topological polar surface area (TPSA) is 41.6 Å². The summed E-state index contributed by atoms with van der Waals surface area (Å²) in [6, 6.07) is 0.256. The van der Waals surface area contributed by atoms with Crippen LogP contribution in [0.1, 0.15) is 40.0 Å². The second-order valence-corrected chi connectivity index (χ2v) is 6.98. The molecule has 118 valence electrons. The van der Waals surface area contributed by atoms with Crippen molar-refractivity contribution in [2.75, 3.05) is 37.7 Å². The lowest BCUT2D eigenvalue weighted by atomic mass is 10.1. The van der Waals surface area contributed by atoms with Crippen LogP contribution in [0.2, 0.25) is 0 Å². The van der Waals surface area contributed by atoms with Crippen molar-refractivity contribution in [3.8, 4) is 0 Å². The Morgan fingerprint density at radius 1 is 1.50 bits per heavy atom. The lowest BCUT2D eigenvalue weighted by molar-refractivity contribution is 0.134. The molecule has 1 saturated heterocycles. The van der Waals surface area contributed by atoms with E-state index in [9.17, 15) is 4.79 Å². The van der Waals surface area contributed by atoms with Gasteiger partial charge in [0.2, 0.25) is 0 Å². The highest BCUT2D eigenvalue weighted by molar-refractivity contribution is 7.99. The fourth-order valence-electron chi connectivity index (χ4n) is 2.43. The monoisotopic (exact) mass is 302 g/mol. The third-order valence-corrected chi connectivity index (χ3v) is 4.80. The number of alkyl carbamates (subject to hydrolysis) is 1. The molecular weight excluding hydrogens is 272 g/mol. The van der Waals surface area contributed by atoms with E-state index < -0.39 is 0 Å². The Labute approximate surface area is 128 Å². The van der Waals surface area contributed by atoms with E-state index in [1.54, 1.807) is 0 Å². The second kappa shape index (κ2) is 10.3. The molecule has 0 spiro atoms. The van der Waals surface area contributed by atoms with E-state index in [1.807, 2.05) is 6.92 Å². The minimum atomic E-state index is -0.271. The summed E-state index contributed by atoms with van der Waals surface area (Å²) in [5.74, 6) is 3.28. The molecule has 0 radical (unpaired) electrons. The number of ether oxygens (including phenoxy) is 1. The van der Waals surface area contributed by atoms with E-state index in [-0.39, 0.29) is 12.1 Å². The van der Waals surface area contributed by atoms with Crippen LogP contribution in [0.4, 0.5) is 4.79 Å². The summed E-state index contributed by atoms with van der Waals surface area (Å²) in [4.78, 5) is 13.9. The third kappa shape index (κ3) is 8.00. The highest BCUT2D eigenvalue weighted by Crippen LogP contribution is 2.13. The lowest BCUT2D eigenvalue weighted by Gasteiger charge is -2.32. The normalized spacial score (nSPS) is 20.1. The molecule has 0 saturated carbocycles. The van der Waals surface area contributed by atoms with Crippen LogP contribution < -0.4 is 5.32 Å². The zero-order valence-corrected chi connectivity index (χ0v) is 14.0. The van der Waals surface area contributed by atoms with Gasteiger partial charge < -0.3 is 15.0 Å². The first-order valence-electron chi connectivity index (χ1n) is 7.85. The maximum Gasteiger partial charge on any atom is 0.407 e. The quantitative estimate of drug-likeness (QED) is 0.700. The number of likely N-dealkylation sites (tertiary alicyclic amines) is 1. The maximum atomic E-state index is 11.4. The molecule has 1 aliphatic rings. The molecule has 0 aromatic heterocycles. The zero-order valence-electron chi connectivity index (χ0n) is 13.2. The van der Waals surface area contributed by atoms with Gasteiger partial charge in [-0.05, 0) is 56.7 Å². The summed E-state index contributed by atoms with van der Waals surface area (Å²) >= 11 is 2.05. The van der Waals surface area contributed by atoms with Crippen molar-refractivity contribution in [2.24, 2.45) is 5.92 Å². The van der Waals surface area contributed by atoms with Gasteiger partial charge in [0.25, 0.3) is 0 Å². The van der Waals surface area contributed by atoms with Crippen LogP contribution in [-0.4, -0.2) is 54.8 Å². The number of amides is 1. The molecule has 1 atom stereocenters. The Balaban J connectivity index is 2.12. The first kappa shape index (κ1) is 17.6. The molecule has 0 aromatic carbocycles. The molecule has 1 aliphatic heterocycles. The number of hydrogen-bond acceptors (Lipinski definition) is 4. The average Bonchev–Trinajstić information content (AvgIpc) is 2.38. The van der Waals surface area contributed by atoms with Gasteiger partial charge in [0.15, 0.2) is 0 Å². The van der Waals surface area contributed by atoms with Crippen LogP contribution in [0.25, 0.3) is 0 Å². The smallest absolute Gasteiger partial charge is 0.407 e. The lowest BCUT2D eigenvalue weighted by Crippen LogP contribution is -2.48. The minimum absolute atomic E-state index is 0.256. The first-order chi connectivity index (χ1) is 9.61. The zero-order chi connectivity index (χ0) is 14.8. The molecule has 0 aliphatic carbocycles. The van der Waals surface area contributed by atoms with E-state index in [4.69, 9.17) is 4.74 Å². The number of piperidine rings is 1. The minimum Gasteiger partial charge on any atom is -0.450 e. The Hall–Kier alpha value is -0.420. The molecule has 5 heteroatoms. The summed E-state index contributed by atoms with van der Waals surface area (Å²) in [5, 5.41) is 2.96. The Morgan fingerprint density at radius 3 is 3.00 bits per heavy atom. The van der Waals surface area contributed by atoms with E-state index in [1.165, 1.54) is 17.9 Å². The van der Waals surface area contributed by atoms with Crippen LogP contribution in [-0.2, 0) is 4.74 Å². The second-order valence-electron chi connectivity index (χ2n) is 5.83. The molecule has 1 N–H and O–H groups in total. The number of hydrogen-bond donors (Lipinski definition) is 1. The highest BCUT2D eigenvalue weighted by atomic mass is 32.2. The number of nitrogens with one attached hydrogen (secondary N) is 1. The van der Waals surface area contributed by atoms with Crippen LogP contribution in [0.15, 0.2) is 0 Å². The van der Waals surface area contributed by atoms with Crippen molar-refractivity contribution in [3.63, 3.8) is 0 Å². The van der Waals surface area contributed by atoms with E-state index in [2.05, 4.69) is 35.8 Å². The van der Waals surface area contributed by atoms with Gasteiger partial charge in [-0.2, -0.15) is 11.8 Å². The van der Waals surface area contributed by atoms with Gasteiger partial charge in [0.05, 0.1) is 6.61 Å². The Bertz CT molecular complexity index is 275. The first-order valence-corrected chi connectivity index (χ1v) is 9.00. The summed E-state index contributed by atoms with van der Waals surface area (Å²) in [6.07, 6.45) is 3.20. The SMILES string of the molecule is CCOC(=O)NC1CCCN(CCCSCC(C)C)C1. The Kier molecular flexibility index (Phi) is 9.10. The van der Waals surface area contributed by atoms with Gasteiger partial charge >= 0.3 is 6.09 Å². The van der Waals surface area contributed by atoms with Crippen molar-refractivity contribution in [1.82, 2.24) is 10.2 Å². The number of thioether (sulfide) groups is 1. The van der Waals surface area contributed by atoms with E-state index in [0.717, 1.165) is 38.4 Å². The summed E-state index contributed by atoms with van der Waals surface area (Å²) < 4.78 is 4.94. The number of nitrogens with zero attached hydrogens (tertiary/aromatic N) is 1. The molecule has 1 rings (SSSR count). The van der Waals surface area contributed by atoms with Gasteiger partial charge in [0.1, 0.15) is 0 Å². The number of carbonyl (C=O) groups excluding carboxylic acids is 1. The van der Waals surface area contributed by atoms with Gasteiger partial charge in [-0.1, -0.05) is 13.8 Å². The van der Waals surface area contributed by atoms with Crippen LogP contribution in [0.5, 0.6) is 0 Å². The molecule has 1 fully saturated rings. The molecule has 20 heavy (non-hydrogen) atoms. The largest absolute Gasteiger partial charge is 0.450 e. The predicted octanol–water partition coefficient (Wildman–Crippen LogP) is 2.98. The summed E-state index contributed by atoms with van der Waals surface area (Å²) in [5.41, 5.74) is 0. The number of rotatable bonds is 8. The highest BCUT2D eigenvalue weighted by Gasteiger charge is 2.21. The molecule has 1 amide bonds. The molecular formula is C15H30N2O2S. The van der Waals surface area contributed by atoms with Crippen molar-refractivity contribution in [1.29, 1.82) is 0 Å². The molecule has 0 bridgehead atoms. The standard InChI is InChI=1S/C15H30N2O2S/c1-4-19-15(18)16-14-7-5-8-17(11-14)9-6-10-20-12-13(2)3/h13-14H,4-12H2,1-3H3,(H,16,18). The molecule has 4 nitrogen and oxygen atoms in total. The molecule has 1 unspecified atom stereocenters. The summed E-state index contributed by atoms with van der Waals surface area (Å²) in [6.45, 7) is 10.1. The van der Waals surface area contributed by atoms with Crippen LogP contribution in [0.3, 0.4) is 0 Å². The summed E-state index contributed by atoms with van der Waals surface area (Å²) in [7, 11) is 0. The fourth-order valence-corrected chi connectivity index (χ4v) is 3.40. The van der Waals surface area contributed by atoms with E-state index in [0.29, 0.717) is 6.61 Å². The van der Waals surface area contributed by atoms with Gasteiger partial charge in [0, 0.05) is 12.6 Å². The Morgan fingerprint density at radius 2 is 2.30 bits per heavy atom. The predicted molar refractivity (Wildman–Crippen MR) is 86.4 cm³/mol. The van der Waals surface area contributed by atoms with Crippen molar-refractivity contribution >= 4 is 17.9 Å². The molecule has 1 heterocycles. The van der Waals surface area contributed by atoms with Crippen molar-refractivity contribution in [2.45, 2.75) is 46.1 Å². The van der Waals surface area contributed by atoms with Crippen LogP contribution >= 0.6 is 11.8 Å². The molecule has 0 aromatic rings. The maximum absolute atomic E-state index is 11.4. The average molecular weight is 302 g/mol. The van der Waals surface area contributed by atoms with E-state index >= 15 is 0 Å². The third-order valence-electron chi connectivity index (χ3n) is 3.32.